The highest BCUT2D eigenvalue weighted by molar-refractivity contribution is 5.92. The second kappa shape index (κ2) is 5.90. The zero-order valence-electron chi connectivity index (χ0n) is 12.3. The summed E-state index contributed by atoms with van der Waals surface area (Å²) in [5.74, 6) is 0.878. The maximum Gasteiger partial charge on any atom is 0.356 e. The number of ether oxygens (including phenoxy) is 2. The summed E-state index contributed by atoms with van der Waals surface area (Å²) in [5.41, 5.74) is 2.07. The number of carbonyl (C=O) groups excluding carboxylic acids is 1. The lowest BCUT2D eigenvalue weighted by Gasteiger charge is -2.10. The van der Waals surface area contributed by atoms with Gasteiger partial charge < -0.3 is 9.47 Å². The van der Waals surface area contributed by atoms with Crippen molar-refractivity contribution in [1.29, 1.82) is 0 Å². The van der Waals surface area contributed by atoms with Crippen LogP contribution in [-0.4, -0.2) is 24.7 Å². The van der Waals surface area contributed by atoms with E-state index in [0.717, 1.165) is 22.2 Å². The van der Waals surface area contributed by atoms with Crippen molar-refractivity contribution in [2.45, 2.75) is 20.8 Å². The van der Waals surface area contributed by atoms with Gasteiger partial charge in [-0.2, -0.15) is 0 Å². The third kappa shape index (κ3) is 3.07. The summed E-state index contributed by atoms with van der Waals surface area (Å²) in [7, 11) is 1.35. The maximum atomic E-state index is 11.5. The first kappa shape index (κ1) is 14.3. The van der Waals surface area contributed by atoms with Crippen molar-refractivity contribution in [2.75, 3.05) is 13.7 Å². The molecule has 0 unspecified atom stereocenters. The number of aryl methyl sites for hydroxylation is 1. The molecule has 0 fully saturated rings. The van der Waals surface area contributed by atoms with E-state index in [4.69, 9.17) is 9.47 Å². The van der Waals surface area contributed by atoms with Gasteiger partial charge in [0.2, 0.25) is 0 Å². The molecule has 0 spiro atoms. The normalized spacial score (nSPS) is 10.8. The van der Waals surface area contributed by atoms with Crippen LogP contribution in [0.5, 0.6) is 5.75 Å². The molecule has 0 radical (unpaired) electrons. The summed E-state index contributed by atoms with van der Waals surface area (Å²) in [6.07, 6.45) is 0. The molecule has 0 aliphatic carbocycles. The number of hydrogen-bond donors (Lipinski definition) is 0. The Hall–Kier alpha value is -2.10. The fourth-order valence-electron chi connectivity index (χ4n) is 1.94. The van der Waals surface area contributed by atoms with E-state index in [1.54, 1.807) is 6.07 Å². The lowest BCUT2D eigenvalue weighted by Crippen LogP contribution is -2.06. The Balaban J connectivity index is 2.38. The monoisotopic (exact) mass is 273 g/mol. The van der Waals surface area contributed by atoms with E-state index < -0.39 is 5.97 Å². The van der Waals surface area contributed by atoms with Crippen molar-refractivity contribution < 1.29 is 14.3 Å². The Bertz CT molecular complexity index is 635. The van der Waals surface area contributed by atoms with Crippen LogP contribution in [-0.2, 0) is 4.74 Å². The van der Waals surface area contributed by atoms with Gasteiger partial charge in [0.15, 0.2) is 0 Å². The SMILES string of the molecule is COC(=O)c1cc(C)c2cc(OCC(C)C)ccc2n1. The van der Waals surface area contributed by atoms with Gasteiger partial charge in [0.1, 0.15) is 11.4 Å². The molecule has 0 aliphatic heterocycles. The minimum Gasteiger partial charge on any atom is -0.493 e. The topological polar surface area (TPSA) is 48.4 Å². The third-order valence-electron chi connectivity index (χ3n) is 2.96. The predicted molar refractivity (Wildman–Crippen MR) is 78.2 cm³/mol. The molecular formula is C16H19NO3. The number of carbonyl (C=O) groups is 1. The zero-order chi connectivity index (χ0) is 14.7. The number of hydrogen-bond acceptors (Lipinski definition) is 4. The molecule has 0 aliphatic rings. The number of methoxy groups -OCH3 is 1. The zero-order valence-corrected chi connectivity index (χ0v) is 12.3. The van der Waals surface area contributed by atoms with E-state index in [2.05, 4.69) is 18.8 Å². The maximum absolute atomic E-state index is 11.5. The number of rotatable bonds is 4. The Morgan fingerprint density at radius 1 is 1.30 bits per heavy atom. The van der Waals surface area contributed by atoms with Crippen molar-refractivity contribution in [2.24, 2.45) is 5.92 Å². The molecule has 0 saturated carbocycles. The fourth-order valence-corrected chi connectivity index (χ4v) is 1.94. The van der Waals surface area contributed by atoms with E-state index in [1.807, 2.05) is 25.1 Å². The molecule has 20 heavy (non-hydrogen) atoms. The van der Waals surface area contributed by atoms with E-state index in [9.17, 15) is 4.79 Å². The first-order valence-electron chi connectivity index (χ1n) is 6.63. The lowest BCUT2D eigenvalue weighted by atomic mass is 10.1. The van der Waals surface area contributed by atoms with Crippen molar-refractivity contribution in [3.63, 3.8) is 0 Å². The molecule has 0 amide bonds. The van der Waals surface area contributed by atoms with Gasteiger partial charge >= 0.3 is 5.97 Å². The van der Waals surface area contributed by atoms with Crippen molar-refractivity contribution in [3.8, 4) is 5.75 Å². The predicted octanol–water partition coefficient (Wildman–Crippen LogP) is 3.36. The molecule has 2 rings (SSSR count). The highest BCUT2D eigenvalue weighted by Crippen LogP contribution is 2.24. The van der Waals surface area contributed by atoms with Crippen LogP contribution in [0.25, 0.3) is 10.9 Å². The molecular weight excluding hydrogens is 254 g/mol. The fraction of sp³-hybridized carbons (Fsp3) is 0.375. The van der Waals surface area contributed by atoms with Gasteiger partial charge in [-0.1, -0.05) is 13.8 Å². The van der Waals surface area contributed by atoms with Crippen molar-refractivity contribution in [1.82, 2.24) is 4.98 Å². The average Bonchev–Trinajstić information content (AvgIpc) is 2.44. The highest BCUT2D eigenvalue weighted by atomic mass is 16.5. The van der Waals surface area contributed by atoms with Gasteiger partial charge in [-0.25, -0.2) is 9.78 Å². The largest absolute Gasteiger partial charge is 0.493 e. The molecule has 1 aromatic carbocycles. The van der Waals surface area contributed by atoms with E-state index in [-0.39, 0.29) is 0 Å². The first-order valence-corrected chi connectivity index (χ1v) is 6.63. The molecule has 0 saturated heterocycles. The number of aromatic nitrogens is 1. The molecule has 0 N–H and O–H groups in total. The van der Waals surface area contributed by atoms with Crippen LogP contribution in [0.2, 0.25) is 0 Å². The van der Waals surface area contributed by atoms with E-state index >= 15 is 0 Å². The Morgan fingerprint density at radius 2 is 2.05 bits per heavy atom. The van der Waals surface area contributed by atoms with Crippen LogP contribution < -0.4 is 4.74 Å². The van der Waals surface area contributed by atoms with Crippen molar-refractivity contribution in [3.05, 3.63) is 35.5 Å². The highest BCUT2D eigenvalue weighted by Gasteiger charge is 2.11. The van der Waals surface area contributed by atoms with Crippen LogP contribution in [0, 0.1) is 12.8 Å². The minimum atomic E-state index is -0.421. The summed E-state index contributed by atoms with van der Waals surface area (Å²) in [6, 6.07) is 7.43. The summed E-state index contributed by atoms with van der Waals surface area (Å²) < 4.78 is 10.4. The van der Waals surface area contributed by atoms with Crippen LogP contribution in [0.3, 0.4) is 0 Å². The summed E-state index contributed by atoms with van der Waals surface area (Å²) in [6.45, 7) is 6.84. The van der Waals surface area contributed by atoms with E-state index in [0.29, 0.717) is 18.2 Å². The Morgan fingerprint density at radius 3 is 2.70 bits per heavy atom. The molecule has 1 aromatic heterocycles. The van der Waals surface area contributed by atoms with E-state index in [1.165, 1.54) is 7.11 Å². The van der Waals surface area contributed by atoms with Gasteiger partial charge in [-0.15, -0.1) is 0 Å². The standard InChI is InChI=1S/C16H19NO3/c1-10(2)9-20-12-5-6-14-13(8-12)11(3)7-15(17-14)16(18)19-4/h5-8,10H,9H2,1-4H3. The molecule has 0 bridgehead atoms. The van der Waals surface area contributed by atoms with Crippen LogP contribution in [0.1, 0.15) is 29.9 Å². The second-order valence-electron chi connectivity index (χ2n) is 5.20. The summed E-state index contributed by atoms with van der Waals surface area (Å²) in [5, 5.41) is 0.985. The average molecular weight is 273 g/mol. The Kier molecular flexibility index (Phi) is 4.23. The molecule has 4 heteroatoms. The second-order valence-corrected chi connectivity index (χ2v) is 5.20. The smallest absolute Gasteiger partial charge is 0.356 e. The molecule has 2 aromatic rings. The number of benzene rings is 1. The minimum absolute atomic E-state index is 0.327. The Labute approximate surface area is 118 Å². The number of fused-ring (bicyclic) bond motifs is 1. The van der Waals surface area contributed by atoms with Crippen LogP contribution in [0.4, 0.5) is 0 Å². The molecule has 0 atom stereocenters. The molecule has 4 nitrogen and oxygen atoms in total. The van der Waals surface area contributed by atoms with Crippen LogP contribution >= 0.6 is 0 Å². The quantitative estimate of drug-likeness (QED) is 0.801. The summed E-state index contributed by atoms with van der Waals surface area (Å²) in [4.78, 5) is 15.9. The van der Waals surface area contributed by atoms with Gasteiger partial charge in [-0.05, 0) is 42.7 Å². The van der Waals surface area contributed by atoms with Gasteiger partial charge in [0, 0.05) is 5.39 Å². The number of esters is 1. The lowest BCUT2D eigenvalue weighted by molar-refractivity contribution is 0.0594. The third-order valence-corrected chi connectivity index (χ3v) is 2.96. The molecule has 106 valence electrons. The number of nitrogens with zero attached hydrogens (tertiary/aromatic N) is 1. The summed E-state index contributed by atoms with van der Waals surface area (Å²) >= 11 is 0. The first-order chi connectivity index (χ1) is 9.51. The van der Waals surface area contributed by atoms with Crippen molar-refractivity contribution >= 4 is 16.9 Å². The van der Waals surface area contributed by atoms with Crippen LogP contribution in [0.15, 0.2) is 24.3 Å². The van der Waals surface area contributed by atoms with Gasteiger partial charge in [0.05, 0.1) is 19.2 Å². The van der Waals surface area contributed by atoms with Gasteiger partial charge in [-0.3, -0.25) is 0 Å². The number of pyridine rings is 1. The van der Waals surface area contributed by atoms with Gasteiger partial charge in [0.25, 0.3) is 0 Å². The molecule has 1 heterocycles.